The van der Waals surface area contributed by atoms with Crippen molar-refractivity contribution in [1.29, 1.82) is 0 Å². The van der Waals surface area contributed by atoms with E-state index in [9.17, 15) is 0 Å². The smallest absolute Gasteiger partial charge is 0.191 e. The van der Waals surface area contributed by atoms with Crippen LogP contribution in [0, 0.1) is 0 Å². The highest BCUT2D eigenvalue weighted by Crippen LogP contribution is 2.37. The molecule has 0 amide bonds. The Labute approximate surface area is 132 Å². The molecule has 2 fully saturated rings. The summed E-state index contributed by atoms with van der Waals surface area (Å²) in [5.74, 6) is 0.694. The molecule has 0 bridgehead atoms. The quantitative estimate of drug-likeness (QED) is 0.680. The zero-order chi connectivity index (χ0) is 15.4. The van der Waals surface area contributed by atoms with Gasteiger partial charge in [-0.3, -0.25) is 4.68 Å². The number of likely N-dealkylation sites (tertiary alicyclic amines) is 1. The Morgan fingerprint density at radius 1 is 1.32 bits per heavy atom. The van der Waals surface area contributed by atoms with Crippen LogP contribution in [0.5, 0.6) is 0 Å². The Hall–Kier alpha value is -1.56. The second-order valence-electron chi connectivity index (χ2n) is 6.16. The molecule has 1 aromatic rings. The standard InChI is InChI=1S/C16H27N5O/c1-2-22-14-12-13(15(14)21-11-7-8-18-21)19-16(17)20-9-5-3-4-6-10-20/h7-8,11,13-15H,2-6,9-10,12H2,1H3,(H2,17,19). The average molecular weight is 305 g/mol. The molecular weight excluding hydrogens is 278 g/mol. The third-order valence-corrected chi connectivity index (χ3v) is 4.69. The fourth-order valence-electron chi connectivity index (χ4n) is 3.43. The van der Waals surface area contributed by atoms with Crippen LogP contribution < -0.4 is 5.73 Å². The zero-order valence-corrected chi connectivity index (χ0v) is 13.4. The molecule has 6 nitrogen and oxygen atoms in total. The Kier molecular flexibility index (Phi) is 4.97. The van der Waals surface area contributed by atoms with Gasteiger partial charge in [0.2, 0.25) is 0 Å². The van der Waals surface area contributed by atoms with Crippen LogP contribution in [0.25, 0.3) is 0 Å². The Balaban J connectivity index is 1.69. The molecule has 3 unspecified atom stereocenters. The molecule has 122 valence electrons. The number of ether oxygens (including phenoxy) is 1. The molecule has 1 aliphatic carbocycles. The summed E-state index contributed by atoms with van der Waals surface area (Å²) < 4.78 is 7.77. The molecule has 0 radical (unpaired) electrons. The van der Waals surface area contributed by atoms with Crippen molar-refractivity contribution in [3.05, 3.63) is 18.5 Å². The number of guanidine groups is 1. The predicted octanol–water partition coefficient (Wildman–Crippen LogP) is 1.79. The van der Waals surface area contributed by atoms with E-state index in [0.29, 0.717) is 5.96 Å². The summed E-state index contributed by atoms with van der Waals surface area (Å²) in [5.41, 5.74) is 6.27. The maximum Gasteiger partial charge on any atom is 0.191 e. The number of nitrogens with two attached hydrogens (primary N) is 1. The highest BCUT2D eigenvalue weighted by atomic mass is 16.5. The zero-order valence-electron chi connectivity index (χ0n) is 13.4. The summed E-state index contributed by atoms with van der Waals surface area (Å²) >= 11 is 0. The molecule has 1 aromatic heterocycles. The third kappa shape index (κ3) is 3.27. The Morgan fingerprint density at radius 2 is 2.09 bits per heavy atom. The number of hydrogen-bond acceptors (Lipinski definition) is 3. The van der Waals surface area contributed by atoms with Gasteiger partial charge in [0.05, 0.1) is 12.1 Å². The number of aliphatic imine (C=N–C) groups is 1. The van der Waals surface area contributed by atoms with Crippen LogP contribution >= 0.6 is 0 Å². The lowest BCUT2D eigenvalue weighted by atomic mass is 9.83. The van der Waals surface area contributed by atoms with Gasteiger partial charge < -0.3 is 15.4 Å². The highest BCUT2D eigenvalue weighted by Gasteiger charge is 2.44. The van der Waals surface area contributed by atoms with E-state index in [4.69, 9.17) is 15.5 Å². The van der Waals surface area contributed by atoms with Crippen LogP contribution in [-0.2, 0) is 4.74 Å². The van der Waals surface area contributed by atoms with Crippen molar-refractivity contribution >= 4 is 5.96 Å². The summed E-state index contributed by atoms with van der Waals surface area (Å²) in [7, 11) is 0. The lowest BCUT2D eigenvalue weighted by Crippen LogP contribution is -2.50. The molecule has 3 atom stereocenters. The molecule has 1 aliphatic heterocycles. The second kappa shape index (κ2) is 7.13. The topological polar surface area (TPSA) is 68.7 Å². The van der Waals surface area contributed by atoms with E-state index in [0.717, 1.165) is 26.1 Å². The van der Waals surface area contributed by atoms with Crippen LogP contribution in [0.1, 0.15) is 45.1 Å². The Bertz CT molecular complexity index is 479. The van der Waals surface area contributed by atoms with Gasteiger partial charge in [-0.05, 0) is 25.8 Å². The lowest BCUT2D eigenvalue weighted by Gasteiger charge is -2.42. The summed E-state index contributed by atoms with van der Waals surface area (Å²) in [5, 5.41) is 4.37. The SMILES string of the molecule is CCOC1CC(N=C(N)N2CCCCCC2)C1n1cccn1. The van der Waals surface area contributed by atoms with Gasteiger partial charge in [-0.2, -0.15) is 5.10 Å². The molecule has 2 heterocycles. The van der Waals surface area contributed by atoms with Crippen molar-refractivity contribution in [2.24, 2.45) is 10.7 Å². The van der Waals surface area contributed by atoms with E-state index in [1.807, 2.05) is 23.9 Å². The van der Waals surface area contributed by atoms with Crippen molar-refractivity contribution in [2.45, 2.75) is 57.2 Å². The maximum absolute atomic E-state index is 6.27. The minimum absolute atomic E-state index is 0.166. The predicted molar refractivity (Wildman–Crippen MR) is 86.7 cm³/mol. The van der Waals surface area contributed by atoms with Crippen LogP contribution in [0.15, 0.2) is 23.5 Å². The first kappa shape index (κ1) is 15.3. The van der Waals surface area contributed by atoms with E-state index < -0.39 is 0 Å². The van der Waals surface area contributed by atoms with Crippen molar-refractivity contribution < 1.29 is 4.74 Å². The van der Waals surface area contributed by atoms with Crippen LogP contribution in [0.2, 0.25) is 0 Å². The molecule has 2 N–H and O–H groups in total. The number of nitrogens with zero attached hydrogens (tertiary/aromatic N) is 4. The number of hydrogen-bond donors (Lipinski definition) is 1. The molecule has 2 aliphatic rings. The fourth-order valence-corrected chi connectivity index (χ4v) is 3.43. The Morgan fingerprint density at radius 3 is 2.73 bits per heavy atom. The van der Waals surface area contributed by atoms with Crippen LogP contribution in [-0.4, -0.2) is 52.5 Å². The fraction of sp³-hybridized carbons (Fsp3) is 0.750. The molecule has 22 heavy (non-hydrogen) atoms. The summed E-state index contributed by atoms with van der Waals surface area (Å²) in [6.07, 6.45) is 9.94. The number of rotatable bonds is 4. The van der Waals surface area contributed by atoms with E-state index in [1.165, 1.54) is 25.7 Å². The van der Waals surface area contributed by atoms with Crippen molar-refractivity contribution in [1.82, 2.24) is 14.7 Å². The first-order valence-electron chi connectivity index (χ1n) is 8.48. The van der Waals surface area contributed by atoms with Gasteiger partial charge >= 0.3 is 0 Å². The van der Waals surface area contributed by atoms with Gasteiger partial charge in [-0.15, -0.1) is 0 Å². The largest absolute Gasteiger partial charge is 0.376 e. The first-order valence-corrected chi connectivity index (χ1v) is 8.48. The van der Waals surface area contributed by atoms with Crippen LogP contribution in [0.4, 0.5) is 0 Å². The van der Waals surface area contributed by atoms with Gasteiger partial charge in [0.1, 0.15) is 6.04 Å². The maximum atomic E-state index is 6.27. The summed E-state index contributed by atoms with van der Waals surface area (Å²) in [4.78, 5) is 7.03. The van der Waals surface area contributed by atoms with Crippen molar-refractivity contribution in [3.8, 4) is 0 Å². The van der Waals surface area contributed by atoms with E-state index >= 15 is 0 Å². The lowest BCUT2D eigenvalue weighted by molar-refractivity contribution is -0.0507. The third-order valence-electron chi connectivity index (χ3n) is 4.69. The summed E-state index contributed by atoms with van der Waals surface area (Å²) in [6.45, 7) is 4.82. The normalized spacial score (nSPS) is 30.0. The highest BCUT2D eigenvalue weighted by molar-refractivity contribution is 5.78. The molecule has 0 spiro atoms. The van der Waals surface area contributed by atoms with Gasteiger partial charge in [0.25, 0.3) is 0 Å². The minimum atomic E-state index is 0.166. The molecular formula is C16H27N5O. The molecule has 0 aromatic carbocycles. The summed E-state index contributed by atoms with van der Waals surface area (Å²) in [6, 6.07) is 2.28. The van der Waals surface area contributed by atoms with Gasteiger partial charge in [0.15, 0.2) is 5.96 Å². The first-order chi connectivity index (χ1) is 10.8. The van der Waals surface area contributed by atoms with Crippen molar-refractivity contribution in [3.63, 3.8) is 0 Å². The second-order valence-corrected chi connectivity index (χ2v) is 6.16. The van der Waals surface area contributed by atoms with Crippen molar-refractivity contribution in [2.75, 3.05) is 19.7 Å². The van der Waals surface area contributed by atoms with Gasteiger partial charge in [-0.1, -0.05) is 12.8 Å². The van der Waals surface area contributed by atoms with E-state index in [-0.39, 0.29) is 18.2 Å². The van der Waals surface area contributed by atoms with E-state index in [1.54, 1.807) is 6.20 Å². The minimum Gasteiger partial charge on any atom is -0.376 e. The van der Waals surface area contributed by atoms with Gasteiger partial charge in [0, 0.05) is 38.5 Å². The molecule has 6 heteroatoms. The molecule has 1 saturated carbocycles. The molecule has 1 saturated heterocycles. The molecule has 3 rings (SSSR count). The number of aromatic nitrogens is 2. The average Bonchev–Trinajstić information content (AvgIpc) is 2.86. The van der Waals surface area contributed by atoms with Crippen LogP contribution in [0.3, 0.4) is 0 Å². The van der Waals surface area contributed by atoms with Gasteiger partial charge in [-0.25, -0.2) is 4.99 Å². The monoisotopic (exact) mass is 305 g/mol. The van der Waals surface area contributed by atoms with E-state index in [2.05, 4.69) is 10.00 Å².